The second-order valence-electron chi connectivity index (χ2n) is 5.16. The Kier molecular flexibility index (Phi) is 2.64. The Balaban J connectivity index is 2.52. The van der Waals surface area contributed by atoms with E-state index in [0.717, 1.165) is 6.16 Å². The minimum absolute atomic E-state index is 0.0428. The third-order valence-corrected chi connectivity index (χ3v) is 9.79. The van der Waals surface area contributed by atoms with E-state index < -0.39 is 7.14 Å². The van der Waals surface area contributed by atoms with Crippen LogP contribution in [-0.2, 0) is 10.7 Å². The summed E-state index contributed by atoms with van der Waals surface area (Å²) in [5, 5.41) is -0.125. The number of rotatable bonds is 0. The van der Waals surface area contributed by atoms with E-state index >= 15 is 0 Å². The molecule has 0 amide bonds. The van der Waals surface area contributed by atoms with Gasteiger partial charge in [-0.2, -0.15) is 0 Å². The standard InChI is InChI=1S/C12H16BrOP/c1-12(2,3)15(14)8-9-6-4-5-7-10(9)11(15)13/h4-7,11H,8H2,1-3H3. The number of benzene rings is 1. The Morgan fingerprint density at radius 3 is 2.47 bits per heavy atom. The number of hydrogen-bond acceptors (Lipinski definition) is 1. The van der Waals surface area contributed by atoms with E-state index in [1.165, 1.54) is 11.1 Å². The van der Waals surface area contributed by atoms with Gasteiger partial charge in [-0.05, 0) is 11.1 Å². The molecule has 0 aliphatic carbocycles. The Labute approximate surface area is 99.8 Å². The SMILES string of the molecule is CC(C)(C)P1(=O)Cc2ccccc2C1Br. The third-order valence-electron chi connectivity index (χ3n) is 3.22. The van der Waals surface area contributed by atoms with E-state index in [1.54, 1.807) is 0 Å². The molecule has 0 bridgehead atoms. The van der Waals surface area contributed by atoms with Crippen LogP contribution in [0.2, 0.25) is 0 Å². The van der Waals surface area contributed by atoms with Gasteiger partial charge >= 0.3 is 0 Å². The van der Waals surface area contributed by atoms with Crippen LogP contribution in [0.1, 0.15) is 36.5 Å². The zero-order valence-corrected chi connectivity index (χ0v) is 11.8. The van der Waals surface area contributed by atoms with Crippen molar-refractivity contribution in [2.75, 3.05) is 0 Å². The molecule has 1 heterocycles. The first-order valence-electron chi connectivity index (χ1n) is 5.17. The first-order valence-corrected chi connectivity index (χ1v) is 8.05. The first-order chi connectivity index (χ1) is 6.86. The Hall–Kier alpha value is -0.0700. The van der Waals surface area contributed by atoms with Crippen LogP contribution in [0.25, 0.3) is 0 Å². The average Bonchev–Trinajstić information content (AvgIpc) is 2.40. The van der Waals surface area contributed by atoms with Crippen LogP contribution in [0, 0.1) is 0 Å². The van der Waals surface area contributed by atoms with Crippen molar-refractivity contribution >= 4 is 23.1 Å². The molecule has 2 atom stereocenters. The van der Waals surface area contributed by atoms with Gasteiger partial charge in [0.05, 0.1) is 4.57 Å². The lowest BCUT2D eigenvalue weighted by Crippen LogP contribution is -2.15. The van der Waals surface area contributed by atoms with Crippen molar-refractivity contribution in [1.29, 1.82) is 0 Å². The molecule has 0 aromatic heterocycles. The zero-order valence-electron chi connectivity index (χ0n) is 9.33. The summed E-state index contributed by atoms with van der Waals surface area (Å²) in [4.78, 5) is 0. The van der Waals surface area contributed by atoms with E-state index in [9.17, 15) is 4.57 Å². The summed E-state index contributed by atoms with van der Waals surface area (Å²) in [7, 11) is -2.21. The molecule has 0 spiro atoms. The van der Waals surface area contributed by atoms with Gasteiger partial charge in [-0.1, -0.05) is 61.0 Å². The maximum atomic E-state index is 13.0. The lowest BCUT2D eigenvalue weighted by atomic mass is 10.1. The maximum Gasteiger partial charge on any atom is 0.114 e. The Morgan fingerprint density at radius 2 is 1.93 bits per heavy atom. The molecule has 0 saturated heterocycles. The van der Waals surface area contributed by atoms with Crippen molar-refractivity contribution in [3.8, 4) is 0 Å². The molecular weight excluding hydrogens is 271 g/mol. The largest absolute Gasteiger partial charge is 0.321 e. The highest BCUT2D eigenvalue weighted by molar-refractivity contribution is 9.10. The number of alkyl halides is 1. The second kappa shape index (κ2) is 3.46. The molecule has 1 aromatic rings. The molecule has 15 heavy (non-hydrogen) atoms. The lowest BCUT2D eigenvalue weighted by Gasteiger charge is -2.30. The topological polar surface area (TPSA) is 17.1 Å². The molecule has 0 saturated carbocycles. The molecule has 1 aromatic carbocycles. The van der Waals surface area contributed by atoms with Crippen LogP contribution in [0.5, 0.6) is 0 Å². The normalized spacial score (nSPS) is 30.3. The van der Waals surface area contributed by atoms with Gasteiger partial charge in [0.25, 0.3) is 0 Å². The van der Waals surface area contributed by atoms with Gasteiger partial charge in [0.15, 0.2) is 0 Å². The highest BCUT2D eigenvalue weighted by atomic mass is 79.9. The summed E-state index contributed by atoms with van der Waals surface area (Å²) in [5.41, 5.74) is 2.47. The molecule has 1 nitrogen and oxygen atoms in total. The summed E-state index contributed by atoms with van der Waals surface area (Å²) in [6, 6.07) is 8.22. The zero-order chi connectivity index (χ0) is 11.3. The maximum absolute atomic E-state index is 13.0. The van der Waals surface area contributed by atoms with Crippen LogP contribution in [0.3, 0.4) is 0 Å². The van der Waals surface area contributed by atoms with Crippen molar-refractivity contribution in [2.45, 2.75) is 36.7 Å². The first kappa shape index (κ1) is 11.4. The summed E-state index contributed by atoms with van der Waals surface area (Å²) in [5.74, 6) is 0. The van der Waals surface area contributed by atoms with Gasteiger partial charge in [-0.25, -0.2) is 0 Å². The molecule has 2 rings (SSSR count). The van der Waals surface area contributed by atoms with Crippen molar-refractivity contribution in [3.05, 3.63) is 35.4 Å². The summed E-state index contributed by atoms with van der Waals surface area (Å²) >= 11 is 3.63. The molecular formula is C12H16BrOP. The van der Waals surface area contributed by atoms with Gasteiger partial charge in [0.2, 0.25) is 0 Å². The molecule has 0 radical (unpaired) electrons. The Bertz CT molecular complexity index is 433. The van der Waals surface area contributed by atoms with Crippen molar-refractivity contribution in [3.63, 3.8) is 0 Å². The van der Waals surface area contributed by atoms with Gasteiger partial charge in [-0.15, -0.1) is 0 Å². The fourth-order valence-electron chi connectivity index (χ4n) is 2.05. The quantitative estimate of drug-likeness (QED) is 0.497. The smallest absolute Gasteiger partial charge is 0.114 e. The monoisotopic (exact) mass is 286 g/mol. The van der Waals surface area contributed by atoms with Crippen LogP contribution < -0.4 is 0 Å². The minimum Gasteiger partial charge on any atom is -0.321 e. The molecule has 82 valence electrons. The fourth-order valence-corrected chi connectivity index (χ4v) is 7.58. The molecule has 1 aliphatic heterocycles. The van der Waals surface area contributed by atoms with Crippen molar-refractivity contribution in [1.82, 2.24) is 0 Å². The minimum atomic E-state index is -2.21. The van der Waals surface area contributed by atoms with Crippen molar-refractivity contribution in [2.24, 2.45) is 0 Å². The van der Waals surface area contributed by atoms with Crippen molar-refractivity contribution < 1.29 is 4.57 Å². The predicted molar refractivity (Wildman–Crippen MR) is 69.2 cm³/mol. The van der Waals surface area contributed by atoms with Crippen LogP contribution in [0.4, 0.5) is 0 Å². The van der Waals surface area contributed by atoms with E-state index in [1.807, 2.05) is 12.1 Å². The Morgan fingerprint density at radius 1 is 1.33 bits per heavy atom. The third kappa shape index (κ3) is 1.62. The van der Waals surface area contributed by atoms with Gasteiger partial charge in [0.1, 0.15) is 7.14 Å². The fraction of sp³-hybridized carbons (Fsp3) is 0.500. The molecule has 0 fully saturated rings. The van der Waals surface area contributed by atoms with Crippen LogP contribution in [0.15, 0.2) is 24.3 Å². The lowest BCUT2D eigenvalue weighted by molar-refractivity contribution is 0.548. The molecule has 1 aliphatic rings. The molecule has 2 unspecified atom stereocenters. The van der Waals surface area contributed by atoms with E-state index in [0.29, 0.717) is 0 Å². The van der Waals surface area contributed by atoms with E-state index in [4.69, 9.17) is 0 Å². The van der Waals surface area contributed by atoms with E-state index in [-0.39, 0.29) is 9.72 Å². The highest BCUT2D eigenvalue weighted by Gasteiger charge is 2.47. The number of halogens is 1. The number of fused-ring (bicyclic) bond motifs is 1. The highest BCUT2D eigenvalue weighted by Crippen LogP contribution is 2.76. The van der Waals surface area contributed by atoms with Gasteiger partial charge < -0.3 is 4.57 Å². The van der Waals surface area contributed by atoms with E-state index in [2.05, 4.69) is 48.8 Å². The number of hydrogen-bond donors (Lipinski definition) is 0. The second-order valence-corrected chi connectivity index (χ2v) is 10.5. The average molecular weight is 287 g/mol. The summed E-state index contributed by atoms with van der Waals surface area (Å²) in [6.45, 7) is 6.23. The van der Waals surface area contributed by atoms with Gasteiger partial charge in [0, 0.05) is 11.3 Å². The van der Waals surface area contributed by atoms with Gasteiger partial charge in [-0.3, -0.25) is 0 Å². The van der Waals surface area contributed by atoms with Crippen LogP contribution in [-0.4, -0.2) is 5.16 Å². The predicted octanol–water partition coefficient (Wildman–Crippen LogP) is 4.76. The molecule has 3 heteroatoms. The van der Waals surface area contributed by atoms with Crippen LogP contribution >= 0.6 is 23.1 Å². The summed E-state index contributed by atoms with van der Waals surface area (Å²) in [6.07, 6.45) is 0.739. The molecule has 0 N–H and O–H groups in total. The summed E-state index contributed by atoms with van der Waals surface area (Å²) < 4.78 is 13.0.